The molecule has 0 aromatic rings. The molecule has 0 bridgehead atoms. The molecule has 12 nitrogen and oxygen atoms in total. The smallest absolute Gasteiger partial charge is 0.410 e. The number of amides is 2. The summed E-state index contributed by atoms with van der Waals surface area (Å²) in [5.74, 6) is -1.33. The maximum absolute atomic E-state index is 12.2. The van der Waals surface area contributed by atoms with Gasteiger partial charge < -0.3 is 29.2 Å². The number of aliphatic hydroxyl groups excluding tert-OH is 2. The second kappa shape index (κ2) is 27.9. The largest absolute Gasteiger partial charge is 0.464 e. The number of ether oxygens (including phenoxy) is 4. The maximum Gasteiger partial charge on any atom is 0.410 e. The summed E-state index contributed by atoms with van der Waals surface area (Å²) in [4.78, 5) is 51.3. The van der Waals surface area contributed by atoms with E-state index in [-0.39, 0.29) is 39.1 Å². The molecule has 2 atom stereocenters. The van der Waals surface area contributed by atoms with E-state index in [0.29, 0.717) is 25.9 Å². The van der Waals surface area contributed by atoms with Crippen LogP contribution in [0.4, 0.5) is 9.59 Å². The molecule has 0 rings (SSSR count). The number of aliphatic hydroxyl groups is 2. The number of rotatable bonds is 15. The quantitative estimate of drug-likeness (QED) is 0.163. The fourth-order valence-corrected chi connectivity index (χ4v) is 3.04. The highest BCUT2D eigenvalue weighted by Crippen LogP contribution is 2.12. The number of hydrogen-bond acceptors (Lipinski definition) is 10. The second-order valence-corrected chi connectivity index (χ2v) is 11.0. The second-order valence-electron chi connectivity index (χ2n) is 11.0. The van der Waals surface area contributed by atoms with Gasteiger partial charge in [-0.05, 0) is 54.4 Å². The van der Waals surface area contributed by atoms with E-state index >= 15 is 0 Å². The first-order valence-electron chi connectivity index (χ1n) is 16.1. The molecule has 0 radical (unpaired) electrons. The summed E-state index contributed by atoms with van der Waals surface area (Å²) in [6, 6.07) is 0. The van der Waals surface area contributed by atoms with Crippen LogP contribution in [0.5, 0.6) is 0 Å². The van der Waals surface area contributed by atoms with E-state index < -0.39 is 47.5 Å². The average Bonchev–Trinajstić information content (AvgIpc) is 2.93. The maximum atomic E-state index is 12.2. The van der Waals surface area contributed by atoms with Gasteiger partial charge in [0, 0.05) is 25.9 Å². The first-order chi connectivity index (χ1) is 20.5. The minimum atomic E-state index is -1.22. The number of esters is 2. The van der Waals surface area contributed by atoms with Gasteiger partial charge in [-0.15, -0.1) is 0 Å². The van der Waals surface area contributed by atoms with Crippen LogP contribution in [0.3, 0.4) is 0 Å². The van der Waals surface area contributed by atoms with Gasteiger partial charge in [-0.3, -0.25) is 19.4 Å². The Bertz CT molecular complexity index is 686. The van der Waals surface area contributed by atoms with Crippen molar-refractivity contribution in [1.82, 2.24) is 9.80 Å². The minimum Gasteiger partial charge on any atom is -0.464 e. The summed E-state index contributed by atoms with van der Waals surface area (Å²) in [7, 11) is 0. The first kappa shape index (κ1) is 48.3. The van der Waals surface area contributed by atoms with Crippen LogP contribution in [-0.2, 0) is 28.5 Å². The van der Waals surface area contributed by atoms with Gasteiger partial charge in [0.15, 0.2) is 0 Å². The van der Waals surface area contributed by atoms with Gasteiger partial charge in [0.25, 0.3) is 0 Å². The highest BCUT2D eigenvalue weighted by atomic mass is 16.6. The molecule has 0 spiro atoms. The van der Waals surface area contributed by atoms with Crippen molar-refractivity contribution in [1.29, 1.82) is 0 Å². The van der Waals surface area contributed by atoms with Crippen LogP contribution in [0.25, 0.3) is 0 Å². The lowest BCUT2D eigenvalue weighted by Gasteiger charge is -2.26. The lowest BCUT2D eigenvalue weighted by atomic mass is 10.1. The SMILES string of the molecule is CC.CC.CC.CCCN(CC(=O)OCCC(O)C(O)CCOC(=O)CN(CCC)C(=O)OC(C)(C)C)C(=O)OC(C)(C)C. The van der Waals surface area contributed by atoms with E-state index in [2.05, 4.69) is 0 Å². The molecular weight excluding hydrogens is 572 g/mol. The van der Waals surface area contributed by atoms with Crippen molar-refractivity contribution < 1.29 is 48.3 Å². The van der Waals surface area contributed by atoms with Crippen molar-refractivity contribution >= 4 is 24.1 Å². The van der Waals surface area contributed by atoms with Crippen LogP contribution in [0.15, 0.2) is 0 Å². The normalized spacial score (nSPS) is 11.8. The van der Waals surface area contributed by atoms with E-state index in [1.165, 1.54) is 9.80 Å². The van der Waals surface area contributed by atoms with Crippen molar-refractivity contribution in [3.63, 3.8) is 0 Å². The third-order valence-corrected chi connectivity index (χ3v) is 4.73. The standard InChI is InChI=1S/C26H48N2O10.3C2H6/c1-9-13-27(23(33)37-25(3,4)5)17-21(31)35-15-11-19(29)20(30)12-16-36-22(32)18-28(14-10-2)24(34)38-26(6,7)8;3*1-2/h19-20,29-30H,9-18H2,1-8H3;3*1-2H3. The number of hydrogen-bond donors (Lipinski definition) is 2. The Kier molecular flexibility index (Phi) is 30.6. The number of nitrogens with zero attached hydrogens (tertiary/aromatic N) is 2. The van der Waals surface area contributed by atoms with Gasteiger partial charge in [-0.25, -0.2) is 9.59 Å². The molecule has 0 fully saturated rings. The van der Waals surface area contributed by atoms with Crippen molar-refractivity contribution in [3.8, 4) is 0 Å². The van der Waals surface area contributed by atoms with Crippen molar-refractivity contribution in [2.75, 3.05) is 39.4 Å². The molecule has 0 heterocycles. The summed E-state index contributed by atoms with van der Waals surface area (Å²) >= 11 is 0. The third kappa shape index (κ3) is 28.2. The van der Waals surface area contributed by atoms with Gasteiger partial charge in [0.1, 0.15) is 24.3 Å². The van der Waals surface area contributed by atoms with Crippen LogP contribution in [0.2, 0.25) is 0 Å². The van der Waals surface area contributed by atoms with Crippen LogP contribution in [0.1, 0.15) is 123 Å². The summed E-state index contributed by atoms with van der Waals surface area (Å²) in [6.45, 7) is 25.8. The molecule has 2 amide bonds. The van der Waals surface area contributed by atoms with Crippen molar-refractivity contribution in [2.24, 2.45) is 0 Å². The number of carbonyl (C=O) groups is 4. The van der Waals surface area contributed by atoms with Gasteiger partial charge in [0.2, 0.25) is 0 Å². The van der Waals surface area contributed by atoms with Gasteiger partial charge >= 0.3 is 24.1 Å². The fraction of sp³-hybridized carbons (Fsp3) is 0.875. The predicted molar refractivity (Wildman–Crippen MR) is 173 cm³/mol. The van der Waals surface area contributed by atoms with Crippen LogP contribution >= 0.6 is 0 Å². The summed E-state index contributed by atoms with van der Waals surface area (Å²) in [5, 5.41) is 20.3. The zero-order valence-corrected chi connectivity index (χ0v) is 30.3. The van der Waals surface area contributed by atoms with Gasteiger partial charge in [0.05, 0.1) is 25.4 Å². The van der Waals surface area contributed by atoms with E-state index in [9.17, 15) is 29.4 Å². The van der Waals surface area contributed by atoms with Crippen LogP contribution in [-0.4, -0.2) is 107 Å². The topological polar surface area (TPSA) is 152 Å². The molecule has 0 aliphatic carbocycles. The van der Waals surface area contributed by atoms with Gasteiger partial charge in [-0.2, -0.15) is 0 Å². The lowest BCUT2D eigenvalue weighted by Crippen LogP contribution is -2.41. The molecule has 0 aliphatic heterocycles. The third-order valence-electron chi connectivity index (χ3n) is 4.73. The highest BCUT2D eigenvalue weighted by molar-refractivity contribution is 5.78. The molecule has 0 saturated heterocycles. The molecule has 2 unspecified atom stereocenters. The highest BCUT2D eigenvalue weighted by Gasteiger charge is 2.26. The lowest BCUT2D eigenvalue weighted by molar-refractivity contribution is -0.148. The van der Waals surface area contributed by atoms with Crippen molar-refractivity contribution in [2.45, 2.75) is 146 Å². The van der Waals surface area contributed by atoms with Crippen LogP contribution < -0.4 is 0 Å². The number of carbonyl (C=O) groups excluding carboxylic acids is 4. The average molecular weight is 639 g/mol. The zero-order chi connectivity index (χ0) is 35.5. The first-order valence-corrected chi connectivity index (χ1v) is 16.1. The molecule has 12 heteroatoms. The monoisotopic (exact) mass is 638 g/mol. The molecule has 0 aromatic carbocycles. The zero-order valence-electron chi connectivity index (χ0n) is 30.3. The Morgan fingerprint density at radius 3 is 1.09 bits per heavy atom. The Labute approximate surface area is 267 Å². The predicted octanol–water partition coefficient (Wildman–Crippen LogP) is 5.95. The Balaban J connectivity index is -0.00000125. The molecule has 0 saturated carbocycles. The molecule has 0 aromatic heterocycles. The van der Waals surface area contributed by atoms with Crippen molar-refractivity contribution in [3.05, 3.63) is 0 Å². The van der Waals surface area contributed by atoms with Crippen LogP contribution in [0, 0.1) is 0 Å². The van der Waals surface area contributed by atoms with E-state index in [0.717, 1.165) is 0 Å². The van der Waals surface area contributed by atoms with Gasteiger partial charge in [-0.1, -0.05) is 55.4 Å². The molecule has 2 N–H and O–H groups in total. The minimum absolute atomic E-state index is 0.0516. The summed E-state index contributed by atoms with van der Waals surface area (Å²) in [6.07, 6.45) is -2.54. The Hall–Kier alpha value is -2.60. The molecule has 264 valence electrons. The van der Waals surface area contributed by atoms with E-state index in [1.54, 1.807) is 41.5 Å². The molecule has 0 aliphatic rings. The molecule has 44 heavy (non-hydrogen) atoms. The Morgan fingerprint density at radius 1 is 0.591 bits per heavy atom. The van der Waals surface area contributed by atoms with E-state index in [4.69, 9.17) is 18.9 Å². The van der Waals surface area contributed by atoms with E-state index in [1.807, 2.05) is 55.4 Å². The summed E-state index contributed by atoms with van der Waals surface area (Å²) in [5.41, 5.74) is -1.40. The fourth-order valence-electron chi connectivity index (χ4n) is 3.04. The Morgan fingerprint density at radius 2 is 0.864 bits per heavy atom. The summed E-state index contributed by atoms with van der Waals surface area (Å²) < 4.78 is 20.8. The molecular formula is C32H66N2O10.